The summed E-state index contributed by atoms with van der Waals surface area (Å²) in [6, 6.07) is 0.493. The van der Waals surface area contributed by atoms with E-state index in [2.05, 4.69) is 32.7 Å². The van der Waals surface area contributed by atoms with Crippen molar-refractivity contribution in [1.82, 2.24) is 4.90 Å². The summed E-state index contributed by atoms with van der Waals surface area (Å²) in [4.78, 5) is 2.16. The van der Waals surface area contributed by atoms with Crippen molar-refractivity contribution in [2.24, 2.45) is 11.3 Å². The third-order valence-corrected chi connectivity index (χ3v) is 4.35. The minimum absolute atomic E-state index is 0.311. The summed E-state index contributed by atoms with van der Waals surface area (Å²) < 4.78 is 0. The lowest BCUT2D eigenvalue weighted by atomic mass is 9.70. The van der Waals surface area contributed by atoms with Gasteiger partial charge in [0.1, 0.15) is 6.23 Å². The minimum Gasteiger partial charge on any atom is -0.379 e. The number of hydrogen-bond acceptors (Lipinski definition) is 2. The number of aliphatic hydroxyl groups excluding tert-OH is 1. The largest absolute Gasteiger partial charge is 0.379 e. The third-order valence-electron chi connectivity index (χ3n) is 4.35. The van der Waals surface area contributed by atoms with Gasteiger partial charge in [0.25, 0.3) is 0 Å². The highest BCUT2D eigenvalue weighted by Crippen LogP contribution is 2.39. The number of aliphatic hydroxyl groups is 1. The second-order valence-corrected chi connectivity index (χ2v) is 6.31. The molecule has 96 valence electrons. The Kier molecular flexibility index (Phi) is 4.81. The highest BCUT2D eigenvalue weighted by Gasteiger charge is 2.37. The van der Waals surface area contributed by atoms with Gasteiger partial charge in [-0.2, -0.15) is 0 Å². The van der Waals surface area contributed by atoms with Gasteiger partial charge < -0.3 is 5.11 Å². The van der Waals surface area contributed by atoms with E-state index in [1.54, 1.807) is 0 Å². The highest BCUT2D eigenvalue weighted by molar-refractivity contribution is 4.90. The number of hydrogen-bond donors (Lipinski definition) is 1. The van der Waals surface area contributed by atoms with Gasteiger partial charge in [-0.25, -0.2) is 0 Å². The van der Waals surface area contributed by atoms with Gasteiger partial charge in [-0.15, -0.1) is 0 Å². The summed E-state index contributed by atoms with van der Waals surface area (Å²) in [6.07, 6.45) is 6.29. The van der Waals surface area contributed by atoms with Gasteiger partial charge in [0, 0.05) is 6.04 Å². The van der Waals surface area contributed by atoms with E-state index < -0.39 is 0 Å². The first-order chi connectivity index (χ1) is 7.36. The molecule has 0 aliphatic heterocycles. The molecule has 0 amide bonds. The van der Waals surface area contributed by atoms with Crippen molar-refractivity contribution in [2.45, 2.75) is 72.1 Å². The summed E-state index contributed by atoms with van der Waals surface area (Å²) in [5.74, 6) is 0.676. The second-order valence-electron chi connectivity index (χ2n) is 6.31. The lowest BCUT2D eigenvalue weighted by Gasteiger charge is -2.46. The average molecular weight is 227 g/mol. The molecule has 0 heterocycles. The second kappa shape index (κ2) is 5.50. The lowest BCUT2D eigenvalue weighted by Crippen LogP contribution is -2.51. The van der Waals surface area contributed by atoms with Gasteiger partial charge in [-0.3, -0.25) is 4.90 Å². The maximum atomic E-state index is 9.81. The number of rotatable bonds is 2. The standard InChI is InChI=1S/C14H29NO/c1-11-9-7-6-8-10-14(3,4)13(11)15(5)12(2)16/h11-13,16H,6-10H2,1-5H3. The lowest BCUT2D eigenvalue weighted by molar-refractivity contribution is -0.0561. The molecular weight excluding hydrogens is 198 g/mol. The Morgan fingerprint density at radius 3 is 2.44 bits per heavy atom. The van der Waals surface area contributed by atoms with Crippen molar-refractivity contribution in [1.29, 1.82) is 0 Å². The van der Waals surface area contributed by atoms with Crippen LogP contribution < -0.4 is 0 Å². The van der Waals surface area contributed by atoms with Gasteiger partial charge >= 0.3 is 0 Å². The van der Waals surface area contributed by atoms with E-state index in [0.29, 0.717) is 17.4 Å². The predicted molar refractivity (Wildman–Crippen MR) is 69.3 cm³/mol. The average Bonchev–Trinajstić information content (AvgIpc) is 2.14. The summed E-state index contributed by atoms with van der Waals surface area (Å²) in [5.41, 5.74) is 0.311. The third kappa shape index (κ3) is 3.21. The van der Waals surface area contributed by atoms with Crippen molar-refractivity contribution in [3.63, 3.8) is 0 Å². The Morgan fingerprint density at radius 2 is 1.88 bits per heavy atom. The van der Waals surface area contributed by atoms with Crippen molar-refractivity contribution in [3.8, 4) is 0 Å². The van der Waals surface area contributed by atoms with Crippen LogP contribution in [0, 0.1) is 11.3 Å². The highest BCUT2D eigenvalue weighted by atomic mass is 16.3. The van der Waals surface area contributed by atoms with Crippen LogP contribution in [0.1, 0.15) is 59.8 Å². The molecule has 2 heteroatoms. The summed E-state index contributed by atoms with van der Waals surface area (Å²) >= 11 is 0. The zero-order valence-electron chi connectivity index (χ0n) is 11.7. The van der Waals surface area contributed by atoms with Crippen molar-refractivity contribution in [3.05, 3.63) is 0 Å². The first-order valence-corrected chi connectivity index (χ1v) is 6.76. The molecule has 1 rings (SSSR count). The molecule has 0 radical (unpaired) electrons. The Balaban J connectivity index is 2.85. The molecule has 1 saturated carbocycles. The predicted octanol–water partition coefficient (Wildman–Crippen LogP) is 3.25. The quantitative estimate of drug-likeness (QED) is 0.732. The maximum Gasteiger partial charge on any atom is 0.104 e. The van der Waals surface area contributed by atoms with E-state index in [9.17, 15) is 5.11 Å². The monoisotopic (exact) mass is 227 g/mol. The molecule has 0 aromatic carbocycles. The van der Waals surface area contributed by atoms with E-state index in [1.807, 2.05) is 6.92 Å². The molecule has 1 fully saturated rings. The number of nitrogens with zero attached hydrogens (tertiary/aromatic N) is 1. The first kappa shape index (κ1) is 14.0. The van der Waals surface area contributed by atoms with Crippen LogP contribution in [-0.4, -0.2) is 29.3 Å². The van der Waals surface area contributed by atoms with Crippen LogP contribution in [0.2, 0.25) is 0 Å². The Bertz CT molecular complexity index is 213. The topological polar surface area (TPSA) is 23.5 Å². The minimum atomic E-state index is -0.342. The van der Waals surface area contributed by atoms with Crippen LogP contribution in [0.4, 0.5) is 0 Å². The fourth-order valence-corrected chi connectivity index (χ4v) is 3.48. The maximum absolute atomic E-state index is 9.81. The molecule has 1 aliphatic carbocycles. The van der Waals surface area contributed by atoms with Gasteiger partial charge in [0.2, 0.25) is 0 Å². The van der Waals surface area contributed by atoms with E-state index in [4.69, 9.17) is 0 Å². The summed E-state index contributed by atoms with van der Waals surface area (Å²) in [7, 11) is 2.06. The van der Waals surface area contributed by atoms with Crippen LogP contribution in [0.25, 0.3) is 0 Å². The summed E-state index contributed by atoms with van der Waals surface area (Å²) in [5, 5.41) is 9.81. The first-order valence-electron chi connectivity index (χ1n) is 6.76. The van der Waals surface area contributed by atoms with E-state index in [1.165, 1.54) is 32.1 Å². The molecule has 16 heavy (non-hydrogen) atoms. The Morgan fingerprint density at radius 1 is 1.25 bits per heavy atom. The summed E-state index contributed by atoms with van der Waals surface area (Å²) in [6.45, 7) is 8.94. The fraction of sp³-hybridized carbons (Fsp3) is 1.00. The van der Waals surface area contributed by atoms with Gasteiger partial charge in [0.15, 0.2) is 0 Å². The Hall–Kier alpha value is -0.0800. The molecular formula is C14H29NO. The molecule has 1 aliphatic rings. The fourth-order valence-electron chi connectivity index (χ4n) is 3.48. The van der Waals surface area contributed by atoms with E-state index in [0.717, 1.165) is 0 Å². The van der Waals surface area contributed by atoms with Gasteiger partial charge in [-0.05, 0) is 38.1 Å². The zero-order chi connectivity index (χ0) is 12.3. The molecule has 3 unspecified atom stereocenters. The SMILES string of the molecule is CC1CCCCCC(C)(C)C1N(C)C(C)O. The van der Waals surface area contributed by atoms with Crippen LogP contribution >= 0.6 is 0 Å². The molecule has 0 aromatic rings. The van der Waals surface area contributed by atoms with Crippen LogP contribution in [0.15, 0.2) is 0 Å². The van der Waals surface area contributed by atoms with Crippen LogP contribution in [0.3, 0.4) is 0 Å². The van der Waals surface area contributed by atoms with Crippen LogP contribution in [0.5, 0.6) is 0 Å². The van der Waals surface area contributed by atoms with Crippen molar-refractivity contribution >= 4 is 0 Å². The van der Waals surface area contributed by atoms with Crippen molar-refractivity contribution < 1.29 is 5.11 Å². The zero-order valence-corrected chi connectivity index (χ0v) is 11.7. The molecule has 3 atom stereocenters. The molecule has 1 N–H and O–H groups in total. The van der Waals surface area contributed by atoms with Gasteiger partial charge in [0.05, 0.1) is 0 Å². The molecule has 0 saturated heterocycles. The molecule has 2 nitrogen and oxygen atoms in total. The van der Waals surface area contributed by atoms with E-state index in [-0.39, 0.29) is 6.23 Å². The molecule has 0 spiro atoms. The van der Waals surface area contributed by atoms with Gasteiger partial charge in [-0.1, -0.05) is 40.0 Å². The smallest absolute Gasteiger partial charge is 0.104 e. The molecule has 0 aromatic heterocycles. The van der Waals surface area contributed by atoms with E-state index >= 15 is 0 Å². The normalized spacial score (nSPS) is 33.2. The van der Waals surface area contributed by atoms with Crippen LogP contribution in [-0.2, 0) is 0 Å². The molecule has 0 bridgehead atoms. The van der Waals surface area contributed by atoms with Crippen molar-refractivity contribution in [2.75, 3.05) is 7.05 Å². The Labute approximate surface area is 101 Å².